The van der Waals surface area contributed by atoms with Crippen LogP contribution in [0.3, 0.4) is 0 Å². The molecule has 0 bridgehead atoms. The lowest BCUT2D eigenvalue weighted by Gasteiger charge is -2.37. The normalized spacial score (nSPS) is 19.8. The molecule has 1 aromatic carbocycles. The molecule has 1 saturated heterocycles. The summed E-state index contributed by atoms with van der Waals surface area (Å²) in [4.78, 5) is 15.8. The molecule has 0 saturated carbocycles. The van der Waals surface area contributed by atoms with Gasteiger partial charge in [-0.1, -0.05) is 6.07 Å². The smallest absolute Gasteiger partial charge is 0.219 e. The Bertz CT molecular complexity index is 539. The fraction of sp³-hybridized carbons (Fsp3) is 0.588. The van der Waals surface area contributed by atoms with Crippen molar-refractivity contribution in [1.29, 1.82) is 0 Å². The summed E-state index contributed by atoms with van der Waals surface area (Å²) in [6.07, 6.45) is 1.02. The van der Waals surface area contributed by atoms with E-state index in [1.807, 2.05) is 4.90 Å². The minimum absolute atomic E-state index is 0.188. The van der Waals surface area contributed by atoms with Gasteiger partial charge in [0, 0.05) is 45.7 Å². The molecule has 1 fully saturated rings. The number of hydrogen-bond donors (Lipinski definition) is 1. The number of piperazine rings is 1. The summed E-state index contributed by atoms with van der Waals surface area (Å²) in [6.45, 7) is 9.16. The van der Waals surface area contributed by atoms with Gasteiger partial charge in [0.05, 0.1) is 5.69 Å². The molecule has 1 aromatic rings. The summed E-state index contributed by atoms with van der Waals surface area (Å²) >= 11 is 0. The van der Waals surface area contributed by atoms with E-state index in [0.29, 0.717) is 6.04 Å². The van der Waals surface area contributed by atoms with Crippen molar-refractivity contribution in [2.75, 3.05) is 44.6 Å². The maximum absolute atomic E-state index is 11.4. The molecule has 2 aliphatic heterocycles. The molecule has 1 amide bonds. The Kier molecular flexibility index (Phi) is 4.52. The van der Waals surface area contributed by atoms with Gasteiger partial charge in [-0.2, -0.15) is 0 Å². The third kappa shape index (κ3) is 3.35. The first kappa shape index (κ1) is 15.2. The van der Waals surface area contributed by atoms with Crippen molar-refractivity contribution >= 4 is 11.6 Å². The zero-order chi connectivity index (χ0) is 15.5. The number of nitrogens with one attached hydrogen (secondary N) is 1. The van der Waals surface area contributed by atoms with Crippen LogP contribution in [0.5, 0.6) is 5.75 Å². The Morgan fingerprint density at radius 2 is 2.09 bits per heavy atom. The summed E-state index contributed by atoms with van der Waals surface area (Å²) in [6, 6.07) is 6.92. The number of benzene rings is 1. The Morgan fingerprint density at radius 1 is 1.32 bits per heavy atom. The van der Waals surface area contributed by atoms with Crippen LogP contribution in [0, 0.1) is 0 Å². The molecule has 3 rings (SSSR count). The van der Waals surface area contributed by atoms with Crippen LogP contribution in [0.25, 0.3) is 0 Å². The van der Waals surface area contributed by atoms with Gasteiger partial charge < -0.3 is 15.0 Å². The summed E-state index contributed by atoms with van der Waals surface area (Å²) in [5.74, 6) is 1.14. The molecule has 1 atom stereocenters. The SMILES string of the molecule is CC(=O)N1CCN(C(C)Cc2ccc3c(c2)NCCO3)CC1. The Morgan fingerprint density at radius 3 is 2.82 bits per heavy atom. The summed E-state index contributed by atoms with van der Waals surface area (Å²) in [5.41, 5.74) is 2.44. The van der Waals surface area contributed by atoms with E-state index in [1.165, 1.54) is 5.56 Å². The van der Waals surface area contributed by atoms with Gasteiger partial charge in [-0.05, 0) is 31.0 Å². The Labute approximate surface area is 132 Å². The molecule has 0 radical (unpaired) electrons. The number of nitrogens with zero attached hydrogens (tertiary/aromatic N) is 2. The van der Waals surface area contributed by atoms with Gasteiger partial charge in [0.2, 0.25) is 5.91 Å². The van der Waals surface area contributed by atoms with Gasteiger partial charge >= 0.3 is 0 Å². The molecule has 2 heterocycles. The van der Waals surface area contributed by atoms with Crippen LogP contribution >= 0.6 is 0 Å². The van der Waals surface area contributed by atoms with E-state index in [0.717, 1.165) is 57.2 Å². The second kappa shape index (κ2) is 6.57. The van der Waals surface area contributed by atoms with Crippen molar-refractivity contribution in [3.05, 3.63) is 23.8 Å². The molecule has 0 spiro atoms. The van der Waals surface area contributed by atoms with Crippen LogP contribution in [0.15, 0.2) is 18.2 Å². The third-order valence-electron chi connectivity index (χ3n) is 4.63. The summed E-state index contributed by atoms with van der Waals surface area (Å²) in [5, 5.41) is 3.39. The lowest BCUT2D eigenvalue weighted by Crippen LogP contribution is -2.51. The largest absolute Gasteiger partial charge is 0.490 e. The van der Waals surface area contributed by atoms with Crippen LogP contribution in [0.1, 0.15) is 19.4 Å². The minimum atomic E-state index is 0.188. The molecule has 1 unspecified atom stereocenters. The first-order chi connectivity index (χ1) is 10.6. The van der Waals surface area contributed by atoms with Gasteiger partial charge in [0.1, 0.15) is 12.4 Å². The highest BCUT2D eigenvalue weighted by atomic mass is 16.5. The molecule has 120 valence electrons. The van der Waals surface area contributed by atoms with E-state index in [9.17, 15) is 4.79 Å². The van der Waals surface area contributed by atoms with Crippen molar-refractivity contribution in [3.63, 3.8) is 0 Å². The number of hydrogen-bond acceptors (Lipinski definition) is 4. The lowest BCUT2D eigenvalue weighted by atomic mass is 10.0. The highest BCUT2D eigenvalue weighted by Crippen LogP contribution is 2.28. The van der Waals surface area contributed by atoms with Crippen LogP contribution in [-0.4, -0.2) is 61.1 Å². The molecule has 0 aliphatic carbocycles. The third-order valence-corrected chi connectivity index (χ3v) is 4.63. The fourth-order valence-electron chi connectivity index (χ4n) is 3.26. The van der Waals surface area contributed by atoms with Crippen molar-refractivity contribution < 1.29 is 9.53 Å². The molecular weight excluding hydrogens is 278 g/mol. The van der Waals surface area contributed by atoms with Crippen molar-refractivity contribution in [2.45, 2.75) is 26.3 Å². The number of rotatable bonds is 3. The Balaban J connectivity index is 1.58. The monoisotopic (exact) mass is 303 g/mol. The van der Waals surface area contributed by atoms with Gasteiger partial charge in [0.15, 0.2) is 0 Å². The molecular formula is C17H25N3O2. The quantitative estimate of drug-likeness (QED) is 0.921. The van der Waals surface area contributed by atoms with Crippen LogP contribution < -0.4 is 10.1 Å². The van der Waals surface area contributed by atoms with E-state index in [-0.39, 0.29) is 5.91 Å². The van der Waals surface area contributed by atoms with Crippen LogP contribution in [-0.2, 0) is 11.2 Å². The maximum Gasteiger partial charge on any atom is 0.219 e. The fourth-order valence-corrected chi connectivity index (χ4v) is 3.26. The zero-order valence-corrected chi connectivity index (χ0v) is 13.5. The van der Waals surface area contributed by atoms with Crippen molar-refractivity contribution in [2.24, 2.45) is 0 Å². The van der Waals surface area contributed by atoms with E-state index in [1.54, 1.807) is 6.92 Å². The average molecular weight is 303 g/mol. The van der Waals surface area contributed by atoms with Crippen LogP contribution in [0.2, 0.25) is 0 Å². The van der Waals surface area contributed by atoms with Gasteiger partial charge in [0.25, 0.3) is 0 Å². The van der Waals surface area contributed by atoms with E-state index in [2.05, 4.69) is 35.3 Å². The second-order valence-electron chi connectivity index (χ2n) is 6.20. The predicted octanol–water partition coefficient (Wildman–Crippen LogP) is 1.59. The number of amides is 1. The second-order valence-corrected chi connectivity index (χ2v) is 6.20. The van der Waals surface area contributed by atoms with E-state index >= 15 is 0 Å². The standard InChI is InChI=1S/C17H25N3O2/c1-13(19-6-8-20(9-7-19)14(2)21)11-15-3-4-17-16(12-15)18-5-10-22-17/h3-4,12-13,18H,5-11H2,1-2H3. The van der Waals surface area contributed by atoms with Crippen LogP contribution in [0.4, 0.5) is 5.69 Å². The van der Waals surface area contributed by atoms with Crippen molar-refractivity contribution in [3.8, 4) is 5.75 Å². The van der Waals surface area contributed by atoms with E-state index < -0.39 is 0 Å². The van der Waals surface area contributed by atoms with Crippen molar-refractivity contribution in [1.82, 2.24) is 9.80 Å². The molecule has 5 heteroatoms. The highest BCUT2D eigenvalue weighted by molar-refractivity contribution is 5.73. The van der Waals surface area contributed by atoms with E-state index in [4.69, 9.17) is 4.74 Å². The molecule has 2 aliphatic rings. The highest BCUT2D eigenvalue weighted by Gasteiger charge is 2.22. The first-order valence-corrected chi connectivity index (χ1v) is 8.12. The van der Waals surface area contributed by atoms with Gasteiger partial charge in [-0.3, -0.25) is 9.69 Å². The Hall–Kier alpha value is -1.75. The number of fused-ring (bicyclic) bond motifs is 1. The zero-order valence-electron chi connectivity index (χ0n) is 13.5. The summed E-state index contributed by atoms with van der Waals surface area (Å²) < 4.78 is 5.62. The molecule has 0 aromatic heterocycles. The number of carbonyl (C=O) groups is 1. The van der Waals surface area contributed by atoms with Gasteiger partial charge in [-0.15, -0.1) is 0 Å². The number of carbonyl (C=O) groups excluding carboxylic acids is 1. The molecule has 1 N–H and O–H groups in total. The molecule has 5 nitrogen and oxygen atoms in total. The topological polar surface area (TPSA) is 44.8 Å². The lowest BCUT2D eigenvalue weighted by molar-refractivity contribution is -0.130. The number of anilines is 1. The number of ether oxygens (including phenoxy) is 1. The van der Waals surface area contributed by atoms with Gasteiger partial charge in [-0.25, -0.2) is 0 Å². The first-order valence-electron chi connectivity index (χ1n) is 8.12. The molecule has 22 heavy (non-hydrogen) atoms. The summed E-state index contributed by atoms with van der Waals surface area (Å²) in [7, 11) is 0. The minimum Gasteiger partial charge on any atom is -0.490 e. The predicted molar refractivity (Wildman–Crippen MR) is 87.4 cm³/mol. The average Bonchev–Trinajstić information content (AvgIpc) is 2.55. The maximum atomic E-state index is 11.4.